The molecule has 1 aromatic carbocycles. The number of hydrazone groups is 1. The molecule has 2 N–H and O–H groups in total. The minimum Gasteiger partial charge on any atom is -0.464 e. The second-order valence-corrected chi connectivity index (χ2v) is 4.55. The third kappa shape index (κ3) is 3.73. The predicted octanol–water partition coefficient (Wildman–Crippen LogP) is 2.59. The van der Waals surface area contributed by atoms with E-state index in [0.717, 1.165) is 5.56 Å². The summed E-state index contributed by atoms with van der Waals surface area (Å²) in [5.41, 5.74) is 4.14. The molecule has 0 saturated heterocycles. The maximum absolute atomic E-state index is 10.2. The summed E-state index contributed by atoms with van der Waals surface area (Å²) in [6, 6.07) is 7.85. The molecule has 86 valence electrons. The standard InChI is InChI=1S/C12H16N2O2/c1-12(2,3)10-6-4-9(5-7-10)8-13-14-11(15)16/h4-8,14H,1-3H3,(H,15,16)/b13-8+. The van der Waals surface area contributed by atoms with E-state index in [4.69, 9.17) is 5.11 Å². The molecule has 0 aliphatic carbocycles. The molecule has 0 bridgehead atoms. The van der Waals surface area contributed by atoms with E-state index in [0.29, 0.717) is 0 Å². The molecule has 1 rings (SSSR count). The highest BCUT2D eigenvalue weighted by Crippen LogP contribution is 2.21. The lowest BCUT2D eigenvalue weighted by atomic mass is 9.87. The Labute approximate surface area is 95.0 Å². The molecule has 0 aliphatic rings. The van der Waals surface area contributed by atoms with Crippen LogP contribution >= 0.6 is 0 Å². The summed E-state index contributed by atoms with van der Waals surface area (Å²) in [5, 5.41) is 11.9. The van der Waals surface area contributed by atoms with Crippen molar-refractivity contribution in [1.29, 1.82) is 0 Å². The Balaban J connectivity index is 2.72. The highest BCUT2D eigenvalue weighted by atomic mass is 16.4. The van der Waals surface area contributed by atoms with Crippen LogP contribution in [0.2, 0.25) is 0 Å². The molecule has 0 atom stereocenters. The molecule has 0 fully saturated rings. The summed E-state index contributed by atoms with van der Waals surface area (Å²) < 4.78 is 0. The van der Waals surface area contributed by atoms with E-state index in [2.05, 4.69) is 25.9 Å². The molecule has 0 spiro atoms. The lowest BCUT2D eigenvalue weighted by Gasteiger charge is -2.18. The van der Waals surface area contributed by atoms with Gasteiger partial charge in [0.15, 0.2) is 0 Å². The molecule has 0 radical (unpaired) electrons. The van der Waals surface area contributed by atoms with Crippen LogP contribution in [0.5, 0.6) is 0 Å². The summed E-state index contributed by atoms with van der Waals surface area (Å²) >= 11 is 0. The normalized spacial score (nSPS) is 11.7. The fourth-order valence-electron chi connectivity index (χ4n) is 1.23. The van der Waals surface area contributed by atoms with Gasteiger partial charge in [-0.15, -0.1) is 0 Å². The molecule has 4 heteroatoms. The Morgan fingerprint density at radius 1 is 1.31 bits per heavy atom. The van der Waals surface area contributed by atoms with Gasteiger partial charge in [-0.25, -0.2) is 10.2 Å². The lowest BCUT2D eigenvalue weighted by Crippen LogP contribution is -2.13. The van der Waals surface area contributed by atoms with Crippen LogP contribution < -0.4 is 5.43 Å². The molecule has 0 heterocycles. The first-order chi connectivity index (χ1) is 7.39. The molecule has 0 aromatic heterocycles. The minimum absolute atomic E-state index is 0.120. The number of carbonyl (C=O) groups is 1. The van der Waals surface area contributed by atoms with Crippen LogP contribution in [0.1, 0.15) is 31.9 Å². The SMILES string of the molecule is CC(C)(C)c1ccc(/C=N/NC(=O)O)cc1. The van der Waals surface area contributed by atoms with Crippen molar-refractivity contribution in [2.24, 2.45) is 5.10 Å². The van der Waals surface area contributed by atoms with Crippen LogP contribution in [-0.4, -0.2) is 17.4 Å². The van der Waals surface area contributed by atoms with Crippen molar-refractivity contribution in [1.82, 2.24) is 5.43 Å². The Bertz CT molecular complexity index is 388. The number of rotatable bonds is 2. The fraction of sp³-hybridized carbons (Fsp3) is 0.333. The van der Waals surface area contributed by atoms with E-state index >= 15 is 0 Å². The molecule has 0 unspecified atom stereocenters. The summed E-state index contributed by atoms with van der Waals surface area (Å²) in [7, 11) is 0. The average molecular weight is 220 g/mol. The average Bonchev–Trinajstić information content (AvgIpc) is 2.16. The molecule has 4 nitrogen and oxygen atoms in total. The van der Waals surface area contributed by atoms with Gasteiger partial charge in [-0.05, 0) is 16.5 Å². The highest BCUT2D eigenvalue weighted by Gasteiger charge is 2.12. The first-order valence-corrected chi connectivity index (χ1v) is 5.02. The van der Waals surface area contributed by atoms with Gasteiger partial charge in [-0.1, -0.05) is 45.0 Å². The van der Waals surface area contributed by atoms with E-state index in [1.807, 2.05) is 29.7 Å². The third-order valence-electron chi connectivity index (χ3n) is 2.15. The van der Waals surface area contributed by atoms with Crippen molar-refractivity contribution < 1.29 is 9.90 Å². The first kappa shape index (κ1) is 12.2. The van der Waals surface area contributed by atoms with Gasteiger partial charge < -0.3 is 5.11 Å². The van der Waals surface area contributed by atoms with Gasteiger partial charge in [0.2, 0.25) is 0 Å². The van der Waals surface area contributed by atoms with Gasteiger partial charge in [-0.2, -0.15) is 5.10 Å². The molecular formula is C12H16N2O2. The van der Waals surface area contributed by atoms with Gasteiger partial charge in [0.1, 0.15) is 0 Å². The zero-order valence-electron chi connectivity index (χ0n) is 9.69. The van der Waals surface area contributed by atoms with Crippen molar-refractivity contribution in [3.05, 3.63) is 35.4 Å². The van der Waals surface area contributed by atoms with Crippen molar-refractivity contribution in [2.45, 2.75) is 26.2 Å². The minimum atomic E-state index is -1.16. The maximum Gasteiger partial charge on any atom is 0.425 e. The second-order valence-electron chi connectivity index (χ2n) is 4.55. The fourth-order valence-corrected chi connectivity index (χ4v) is 1.23. The van der Waals surface area contributed by atoms with E-state index in [-0.39, 0.29) is 5.41 Å². The van der Waals surface area contributed by atoms with Gasteiger partial charge in [0, 0.05) is 0 Å². The highest BCUT2D eigenvalue weighted by molar-refractivity contribution is 5.80. The molecule has 1 amide bonds. The molecule has 16 heavy (non-hydrogen) atoms. The Morgan fingerprint density at radius 3 is 2.31 bits per heavy atom. The van der Waals surface area contributed by atoms with Crippen molar-refractivity contribution in [2.75, 3.05) is 0 Å². The van der Waals surface area contributed by atoms with Gasteiger partial charge in [0.05, 0.1) is 6.21 Å². The summed E-state index contributed by atoms with van der Waals surface area (Å²) in [6.07, 6.45) is 0.308. The number of amides is 1. The number of carboxylic acid groups (broad SMARTS) is 1. The van der Waals surface area contributed by atoms with Crippen LogP contribution in [0.3, 0.4) is 0 Å². The number of nitrogens with zero attached hydrogens (tertiary/aromatic N) is 1. The number of benzene rings is 1. The molecule has 0 saturated carbocycles. The van der Waals surface area contributed by atoms with Crippen LogP contribution in [0.4, 0.5) is 4.79 Å². The Morgan fingerprint density at radius 2 is 1.88 bits per heavy atom. The molecule has 1 aromatic rings. The number of hydrogen-bond acceptors (Lipinski definition) is 2. The molecule has 0 aliphatic heterocycles. The second kappa shape index (κ2) is 4.79. The lowest BCUT2D eigenvalue weighted by molar-refractivity contribution is 0.195. The van der Waals surface area contributed by atoms with E-state index in [1.165, 1.54) is 11.8 Å². The van der Waals surface area contributed by atoms with E-state index < -0.39 is 6.09 Å². The van der Waals surface area contributed by atoms with Gasteiger partial charge in [-0.3, -0.25) is 0 Å². The summed E-state index contributed by atoms with van der Waals surface area (Å²) in [6.45, 7) is 6.42. The van der Waals surface area contributed by atoms with Crippen molar-refractivity contribution in [3.8, 4) is 0 Å². The number of hydrogen-bond donors (Lipinski definition) is 2. The third-order valence-corrected chi connectivity index (χ3v) is 2.15. The van der Waals surface area contributed by atoms with Gasteiger partial charge in [0.25, 0.3) is 0 Å². The zero-order chi connectivity index (χ0) is 12.2. The first-order valence-electron chi connectivity index (χ1n) is 5.02. The van der Waals surface area contributed by atoms with Crippen LogP contribution in [-0.2, 0) is 5.41 Å². The topological polar surface area (TPSA) is 61.7 Å². The predicted molar refractivity (Wildman–Crippen MR) is 63.9 cm³/mol. The van der Waals surface area contributed by atoms with Crippen molar-refractivity contribution >= 4 is 12.3 Å². The van der Waals surface area contributed by atoms with Crippen molar-refractivity contribution in [3.63, 3.8) is 0 Å². The quantitative estimate of drug-likeness (QED) is 0.594. The monoisotopic (exact) mass is 220 g/mol. The zero-order valence-corrected chi connectivity index (χ0v) is 9.69. The van der Waals surface area contributed by atoms with Crippen LogP contribution in [0, 0.1) is 0 Å². The Kier molecular flexibility index (Phi) is 3.66. The summed E-state index contributed by atoms with van der Waals surface area (Å²) in [4.78, 5) is 10.2. The maximum atomic E-state index is 10.2. The number of nitrogens with one attached hydrogen (secondary N) is 1. The largest absolute Gasteiger partial charge is 0.464 e. The van der Waals surface area contributed by atoms with Crippen LogP contribution in [0.15, 0.2) is 29.4 Å². The van der Waals surface area contributed by atoms with Crippen LogP contribution in [0.25, 0.3) is 0 Å². The molecular weight excluding hydrogens is 204 g/mol. The van der Waals surface area contributed by atoms with Gasteiger partial charge >= 0.3 is 6.09 Å². The summed E-state index contributed by atoms with van der Waals surface area (Å²) in [5.74, 6) is 0. The smallest absolute Gasteiger partial charge is 0.425 e. The van der Waals surface area contributed by atoms with E-state index in [1.54, 1.807) is 0 Å². The Hall–Kier alpha value is -1.84. The van der Waals surface area contributed by atoms with E-state index in [9.17, 15) is 4.79 Å².